The van der Waals surface area contributed by atoms with Crippen LogP contribution in [0.5, 0.6) is 0 Å². The van der Waals surface area contributed by atoms with Gasteiger partial charge in [-0.1, -0.05) is 32.0 Å². The molecule has 0 spiro atoms. The number of rotatable bonds is 6. The number of aryl methyl sites for hydroxylation is 2. The van der Waals surface area contributed by atoms with Crippen LogP contribution in [0.3, 0.4) is 0 Å². The van der Waals surface area contributed by atoms with Crippen LogP contribution < -0.4 is 10.2 Å². The van der Waals surface area contributed by atoms with E-state index in [9.17, 15) is 0 Å². The first-order chi connectivity index (χ1) is 10.2. The lowest BCUT2D eigenvalue weighted by Gasteiger charge is -2.22. The largest absolute Gasteiger partial charge is 0.329 e. The normalized spacial score (nSPS) is 10.7. The molecule has 0 aliphatic heterocycles. The Labute approximate surface area is 128 Å². The minimum atomic E-state index is 0.890. The molecule has 2 rings (SSSR count). The fourth-order valence-corrected chi connectivity index (χ4v) is 2.42. The van der Waals surface area contributed by atoms with Crippen molar-refractivity contribution in [3.63, 3.8) is 0 Å². The molecule has 1 aromatic carbocycles. The highest BCUT2D eigenvalue weighted by molar-refractivity contribution is 5.63. The topological polar surface area (TPSA) is 28.2 Å². The molecule has 3 heteroatoms. The zero-order valence-electron chi connectivity index (χ0n) is 13.5. The number of benzene rings is 1. The van der Waals surface area contributed by atoms with Gasteiger partial charge in [-0.3, -0.25) is 0 Å². The van der Waals surface area contributed by atoms with E-state index in [4.69, 9.17) is 4.98 Å². The average Bonchev–Trinajstić information content (AvgIpc) is 2.52. The summed E-state index contributed by atoms with van der Waals surface area (Å²) in [7, 11) is 2.08. The molecule has 0 unspecified atom stereocenters. The fraction of sp³-hybridized carbons (Fsp3) is 0.389. The number of nitrogens with zero attached hydrogens (tertiary/aromatic N) is 2. The van der Waals surface area contributed by atoms with Crippen LogP contribution in [0.2, 0.25) is 0 Å². The highest BCUT2D eigenvalue weighted by Crippen LogP contribution is 2.26. The Hall–Kier alpha value is -1.87. The summed E-state index contributed by atoms with van der Waals surface area (Å²) in [6.07, 6.45) is 0.953. The Morgan fingerprint density at radius 1 is 1.14 bits per heavy atom. The maximum Gasteiger partial charge on any atom is 0.133 e. The minimum absolute atomic E-state index is 0.890. The zero-order valence-corrected chi connectivity index (χ0v) is 13.5. The van der Waals surface area contributed by atoms with Crippen LogP contribution in [0.15, 0.2) is 36.4 Å². The van der Waals surface area contributed by atoms with Crippen molar-refractivity contribution >= 4 is 11.5 Å². The van der Waals surface area contributed by atoms with Crippen LogP contribution in [0, 0.1) is 6.92 Å². The van der Waals surface area contributed by atoms with Crippen LogP contribution in [0.4, 0.5) is 11.5 Å². The van der Waals surface area contributed by atoms with Gasteiger partial charge in [-0.15, -0.1) is 0 Å². The number of para-hydroxylation sites is 1. The molecule has 0 saturated carbocycles. The van der Waals surface area contributed by atoms with Gasteiger partial charge in [0.2, 0.25) is 0 Å². The van der Waals surface area contributed by atoms with Gasteiger partial charge in [0.05, 0.1) is 0 Å². The third-order valence-corrected chi connectivity index (χ3v) is 3.69. The van der Waals surface area contributed by atoms with Crippen molar-refractivity contribution in [2.24, 2.45) is 0 Å². The smallest absolute Gasteiger partial charge is 0.133 e. The summed E-state index contributed by atoms with van der Waals surface area (Å²) in [5.74, 6) is 1.01. The van der Waals surface area contributed by atoms with Crippen molar-refractivity contribution in [3.8, 4) is 0 Å². The Morgan fingerprint density at radius 2 is 1.90 bits per heavy atom. The van der Waals surface area contributed by atoms with E-state index in [0.29, 0.717) is 0 Å². The molecule has 0 bridgehead atoms. The first-order valence-corrected chi connectivity index (χ1v) is 7.65. The molecule has 0 radical (unpaired) electrons. The van der Waals surface area contributed by atoms with Crippen LogP contribution in [-0.4, -0.2) is 18.6 Å². The van der Waals surface area contributed by atoms with E-state index < -0.39 is 0 Å². The molecule has 0 saturated heterocycles. The first-order valence-electron chi connectivity index (χ1n) is 7.65. The van der Waals surface area contributed by atoms with E-state index in [1.807, 2.05) is 0 Å². The second-order valence-electron chi connectivity index (χ2n) is 5.30. The van der Waals surface area contributed by atoms with Crippen molar-refractivity contribution in [2.45, 2.75) is 33.7 Å². The van der Waals surface area contributed by atoms with Gasteiger partial charge in [0.25, 0.3) is 0 Å². The molecule has 21 heavy (non-hydrogen) atoms. The van der Waals surface area contributed by atoms with E-state index in [1.54, 1.807) is 0 Å². The molecule has 0 aliphatic rings. The van der Waals surface area contributed by atoms with Crippen LogP contribution >= 0.6 is 0 Å². The minimum Gasteiger partial charge on any atom is -0.329 e. The van der Waals surface area contributed by atoms with E-state index >= 15 is 0 Å². The van der Waals surface area contributed by atoms with Crippen molar-refractivity contribution in [1.29, 1.82) is 0 Å². The van der Waals surface area contributed by atoms with Crippen molar-refractivity contribution in [3.05, 3.63) is 53.2 Å². The lowest BCUT2D eigenvalue weighted by atomic mass is 10.1. The number of hydrogen-bond acceptors (Lipinski definition) is 3. The number of pyridine rings is 1. The second-order valence-corrected chi connectivity index (χ2v) is 5.30. The fourth-order valence-electron chi connectivity index (χ4n) is 2.42. The second kappa shape index (κ2) is 7.23. The van der Waals surface area contributed by atoms with Gasteiger partial charge in [0.1, 0.15) is 5.82 Å². The lowest BCUT2D eigenvalue weighted by Crippen LogP contribution is -2.16. The third kappa shape index (κ3) is 3.82. The van der Waals surface area contributed by atoms with Gasteiger partial charge in [0.15, 0.2) is 0 Å². The van der Waals surface area contributed by atoms with E-state index in [2.05, 4.69) is 74.4 Å². The van der Waals surface area contributed by atoms with Gasteiger partial charge in [-0.2, -0.15) is 0 Å². The van der Waals surface area contributed by atoms with E-state index in [1.165, 1.54) is 16.8 Å². The predicted molar refractivity (Wildman–Crippen MR) is 90.2 cm³/mol. The maximum atomic E-state index is 4.78. The first kappa shape index (κ1) is 15.5. The molecule has 3 nitrogen and oxygen atoms in total. The van der Waals surface area contributed by atoms with E-state index in [-0.39, 0.29) is 0 Å². The lowest BCUT2D eigenvalue weighted by molar-refractivity contribution is 0.724. The molecule has 1 N–H and O–H groups in total. The van der Waals surface area contributed by atoms with Crippen LogP contribution in [0.1, 0.15) is 30.7 Å². The summed E-state index contributed by atoms with van der Waals surface area (Å²) in [6.45, 7) is 8.28. The number of nitrogens with one attached hydrogen (secondary N) is 1. The molecule has 1 heterocycles. The number of anilines is 2. The van der Waals surface area contributed by atoms with Gasteiger partial charge in [0, 0.05) is 25.0 Å². The quantitative estimate of drug-likeness (QED) is 0.873. The standard InChI is InChI=1S/C18H25N3/c1-5-16-11-15(13-19-6-2)12-18(20-16)21(4)17-10-8-7-9-14(17)3/h7-12,19H,5-6,13H2,1-4H3. The van der Waals surface area contributed by atoms with Gasteiger partial charge >= 0.3 is 0 Å². The molecule has 112 valence electrons. The summed E-state index contributed by atoms with van der Waals surface area (Å²) in [5, 5.41) is 3.39. The third-order valence-electron chi connectivity index (χ3n) is 3.69. The number of aromatic nitrogens is 1. The highest BCUT2D eigenvalue weighted by Gasteiger charge is 2.10. The Balaban J connectivity index is 2.35. The molecule has 0 aliphatic carbocycles. The van der Waals surface area contributed by atoms with Crippen molar-refractivity contribution in [2.75, 3.05) is 18.5 Å². The highest BCUT2D eigenvalue weighted by atomic mass is 15.2. The summed E-state index contributed by atoms with van der Waals surface area (Å²) in [5.41, 5.74) is 4.89. The van der Waals surface area contributed by atoms with Crippen LogP contribution in [0.25, 0.3) is 0 Å². The van der Waals surface area contributed by atoms with Gasteiger partial charge in [-0.05, 0) is 49.2 Å². The average molecular weight is 283 g/mol. The summed E-state index contributed by atoms with van der Waals surface area (Å²) >= 11 is 0. The zero-order chi connectivity index (χ0) is 15.2. The summed E-state index contributed by atoms with van der Waals surface area (Å²) in [4.78, 5) is 6.95. The Kier molecular flexibility index (Phi) is 5.34. The SMILES string of the molecule is CCNCc1cc(CC)nc(N(C)c2ccccc2C)c1. The maximum absolute atomic E-state index is 4.78. The molecule has 2 aromatic rings. The summed E-state index contributed by atoms with van der Waals surface area (Å²) in [6, 6.07) is 12.8. The van der Waals surface area contributed by atoms with Crippen LogP contribution in [-0.2, 0) is 13.0 Å². The van der Waals surface area contributed by atoms with Crippen molar-refractivity contribution < 1.29 is 0 Å². The van der Waals surface area contributed by atoms with Crippen molar-refractivity contribution in [1.82, 2.24) is 10.3 Å². The molecule has 1 aromatic heterocycles. The Morgan fingerprint density at radius 3 is 2.57 bits per heavy atom. The Bertz CT molecular complexity index is 593. The van der Waals surface area contributed by atoms with Gasteiger partial charge < -0.3 is 10.2 Å². The molecular weight excluding hydrogens is 258 g/mol. The molecule has 0 amide bonds. The molecule has 0 atom stereocenters. The summed E-state index contributed by atoms with van der Waals surface area (Å²) < 4.78 is 0. The van der Waals surface area contributed by atoms with E-state index in [0.717, 1.165) is 31.0 Å². The monoisotopic (exact) mass is 283 g/mol. The number of hydrogen-bond donors (Lipinski definition) is 1. The predicted octanol–water partition coefficient (Wildman–Crippen LogP) is 3.83. The molecular formula is C18H25N3. The van der Waals surface area contributed by atoms with Gasteiger partial charge in [-0.25, -0.2) is 4.98 Å². The molecule has 0 fully saturated rings.